The molecule has 1 aliphatic rings. The van der Waals surface area contributed by atoms with Gasteiger partial charge in [0.1, 0.15) is 11.5 Å². The van der Waals surface area contributed by atoms with Crippen molar-refractivity contribution in [3.8, 4) is 5.75 Å². The molecular formula is C15H21NO2. The van der Waals surface area contributed by atoms with E-state index in [9.17, 15) is 4.79 Å². The number of nitrogens with zero attached hydrogens (tertiary/aromatic N) is 1. The normalized spacial score (nSPS) is 19.8. The van der Waals surface area contributed by atoms with Gasteiger partial charge in [-0.3, -0.25) is 9.69 Å². The molecule has 0 unspecified atom stereocenters. The number of benzene rings is 1. The maximum atomic E-state index is 11.8. The van der Waals surface area contributed by atoms with E-state index in [2.05, 4.69) is 17.0 Å². The topological polar surface area (TPSA) is 29.5 Å². The predicted molar refractivity (Wildman–Crippen MR) is 71.7 cm³/mol. The Bertz CT molecular complexity index is 440. The molecule has 0 N–H and O–H groups in total. The highest BCUT2D eigenvalue weighted by Gasteiger charge is 2.33. The van der Waals surface area contributed by atoms with Crippen LogP contribution in [-0.2, 0) is 11.3 Å². The number of ketones is 1. The van der Waals surface area contributed by atoms with Crippen molar-refractivity contribution in [2.75, 3.05) is 20.2 Å². The number of rotatable bonds is 3. The highest BCUT2D eigenvalue weighted by atomic mass is 16.5. The van der Waals surface area contributed by atoms with Gasteiger partial charge in [-0.1, -0.05) is 26.0 Å². The van der Waals surface area contributed by atoms with E-state index in [1.807, 2.05) is 26.0 Å². The van der Waals surface area contributed by atoms with Gasteiger partial charge < -0.3 is 4.74 Å². The average molecular weight is 247 g/mol. The van der Waals surface area contributed by atoms with Crippen LogP contribution in [-0.4, -0.2) is 30.9 Å². The van der Waals surface area contributed by atoms with Crippen molar-refractivity contribution in [2.24, 2.45) is 5.41 Å². The number of carbonyl (C=O) groups excluding carboxylic acids is 1. The maximum absolute atomic E-state index is 11.8. The smallest absolute Gasteiger partial charge is 0.141 e. The molecule has 0 saturated carbocycles. The second-order valence-corrected chi connectivity index (χ2v) is 5.62. The van der Waals surface area contributed by atoms with Gasteiger partial charge in [0.25, 0.3) is 0 Å². The summed E-state index contributed by atoms with van der Waals surface area (Å²) >= 11 is 0. The zero-order valence-electron chi connectivity index (χ0n) is 11.4. The molecule has 98 valence electrons. The number of ether oxygens (including phenoxy) is 1. The van der Waals surface area contributed by atoms with Crippen molar-refractivity contribution < 1.29 is 9.53 Å². The minimum absolute atomic E-state index is 0.211. The van der Waals surface area contributed by atoms with E-state index in [1.165, 1.54) is 5.56 Å². The van der Waals surface area contributed by atoms with Crippen LogP contribution < -0.4 is 4.74 Å². The molecule has 0 amide bonds. The number of piperidine rings is 1. The molecule has 3 nitrogen and oxygen atoms in total. The highest BCUT2D eigenvalue weighted by Crippen LogP contribution is 2.26. The highest BCUT2D eigenvalue weighted by molar-refractivity contribution is 5.85. The van der Waals surface area contributed by atoms with Gasteiger partial charge in [0, 0.05) is 31.5 Å². The van der Waals surface area contributed by atoms with Crippen LogP contribution in [0.15, 0.2) is 24.3 Å². The van der Waals surface area contributed by atoms with E-state index in [-0.39, 0.29) is 5.41 Å². The van der Waals surface area contributed by atoms with Crippen LogP contribution in [0.5, 0.6) is 5.75 Å². The molecule has 0 aliphatic carbocycles. The van der Waals surface area contributed by atoms with Gasteiger partial charge in [0.05, 0.1) is 7.11 Å². The van der Waals surface area contributed by atoms with E-state index in [0.717, 1.165) is 25.4 Å². The molecule has 0 atom stereocenters. The Morgan fingerprint density at radius 3 is 2.83 bits per heavy atom. The van der Waals surface area contributed by atoms with Crippen LogP contribution in [0.1, 0.15) is 25.8 Å². The fourth-order valence-corrected chi connectivity index (χ4v) is 2.49. The van der Waals surface area contributed by atoms with Crippen molar-refractivity contribution >= 4 is 5.78 Å². The summed E-state index contributed by atoms with van der Waals surface area (Å²) < 4.78 is 5.23. The van der Waals surface area contributed by atoms with E-state index in [0.29, 0.717) is 12.2 Å². The molecule has 1 aliphatic heterocycles. The van der Waals surface area contributed by atoms with Crippen molar-refractivity contribution in [2.45, 2.75) is 26.8 Å². The SMILES string of the molecule is COc1cccc(CN2CCC(=O)C(C)(C)C2)c1. The van der Waals surface area contributed by atoms with E-state index < -0.39 is 0 Å². The fourth-order valence-electron chi connectivity index (χ4n) is 2.49. The molecule has 1 fully saturated rings. The molecule has 2 rings (SSSR count). The van der Waals surface area contributed by atoms with Crippen LogP contribution in [0.25, 0.3) is 0 Å². The molecule has 0 radical (unpaired) electrons. The lowest BCUT2D eigenvalue weighted by atomic mass is 9.82. The molecule has 1 saturated heterocycles. The van der Waals surface area contributed by atoms with Gasteiger partial charge in [-0.2, -0.15) is 0 Å². The second-order valence-electron chi connectivity index (χ2n) is 5.62. The molecular weight excluding hydrogens is 226 g/mol. The monoisotopic (exact) mass is 247 g/mol. The number of hydrogen-bond donors (Lipinski definition) is 0. The number of methoxy groups -OCH3 is 1. The first-order valence-electron chi connectivity index (χ1n) is 6.40. The van der Waals surface area contributed by atoms with Crippen LogP contribution in [0.3, 0.4) is 0 Å². The summed E-state index contributed by atoms with van der Waals surface area (Å²) in [5, 5.41) is 0. The predicted octanol–water partition coefficient (Wildman–Crippen LogP) is 2.50. The van der Waals surface area contributed by atoms with Gasteiger partial charge in [-0.15, -0.1) is 0 Å². The molecule has 1 aromatic carbocycles. The fraction of sp³-hybridized carbons (Fsp3) is 0.533. The van der Waals surface area contributed by atoms with Crippen molar-refractivity contribution in [1.82, 2.24) is 4.90 Å². The standard InChI is InChI=1S/C15H21NO2/c1-15(2)11-16(8-7-14(15)17)10-12-5-4-6-13(9-12)18-3/h4-6,9H,7-8,10-11H2,1-3H3. The second kappa shape index (κ2) is 5.11. The number of hydrogen-bond acceptors (Lipinski definition) is 3. The minimum Gasteiger partial charge on any atom is -0.497 e. The Labute approximate surface area is 109 Å². The third kappa shape index (κ3) is 2.91. The van der Waals surface area contributed by atoms with Crippen LogP contribution in [0.4, 0.5) is 0 Å². The largest absolute Gasteiger partial charge is 0.497 e. The van der Waals surface area contributed by atoms with Gasteiger partial charge in [0.2, 0.25) is 0 Å². The third-order valence-corrected chi connectivity index (χ3v) is 3.57. The maximum Gasteiger partial charge on any atom is 0.141 e. The molecule has 1 aromatic rings. The minimum atomic E-state index is -0.211. The van der Waals surface area contributed by atoms with E-state index >= 15 is 0 Å². The first-order valence-corrected chi connectivity index (χ1v) is 6.40. The average Bonchev–Trinajstić information content (AvgIpc) is 2.34. The van der Waals surface area contributed by atoms with Crippen molar-refractivity contribution in [3.05, 3.63) is 29.8 Å². The van der Waals surface area contributed by atoms with Gasteiger partial charge in [0.15, 0.2) is 0 Å². The van der Waals surface area contributed by atoms with E-state index in [1.54, 1.807) is 7.11 Å². The van der Waals surface area contributed by atoms with Crippen molar-refractivity contribution in [1.29, 1.82) is 0 Å². The van der Waals surface area contributed by atoms with Gasteiger partial charge in [-0.25, -0.2) is 0 Å². The summed E-state index contributed by atoms with van der Waals surface area (Å²) in [5.74, 6) is 1.27. The lowest BCUT2D eigenvalue weighted by Crippen LogP contribution is -2.45. The Morgan fingerprint density at radius 1 is 1.39 bits per heavy atom. The molecule has 0 bridgehead atoms. The van der Waals surface area contributed by atoms with Crippen LogP contribution in [0.2, 0.25) is 0 Å². The first-order chi connectivity index (χ1) is 8.51. The molecule has 18 heavy (non-hydrogen) atoms. The van der Waals surface area contributed by atoms with Gasteiger partial charge in [-0.05, 0) is 17.7 Å². The molecule has 0 aromatic heterocycles. The molecule has 0 spiro atoms. The Hall–Kier alpha value is -1.35. The van der Waals surface area contributed by atoms with Crippen LogP contribution >= 0.6 is 0 Å². The number of likely N-dealkylation sites (tertiary alicyclic amines) is 1. The van der Waals surface area contributed by atoms with Crippen molar-refractivity contribution in [3.63, 3.8) is 0 Å². The number of carbonyl (C=O) groups is 1. The lowest BCUT2D eigenvalue weighted by molar-refractivity contribution is -0.131. The van der Waals surface area contributed by atoms with Gasteiger partial charge >= 0.3 is 0 Å². The third-order valence-electron chi connectivity index (χ3n) is 3.57. The Kier molecular flexibility index (Phi) is 3.71. The Balaban J connectivity index is 2.03. The first kappa shape index (κ1) is 13.1. The number of Topliss-reactive ketones (excluding diaryl/α,β-unsaturated/α-hetero) is 1. The summed E-state index contributed by atoms with van der Waals surface area (Å²) in [5.41, 5.74) is 1.02. The zero-order valence-corrected chi connectivity index (χ0v) is 11.4. The molecule has 3 heteroatoms. The summed E-state index contributed by atoms with van der Waals surface area (Å²) in [4.78, 5) is 14.1. The summed E-state index contributed by atoms with van der Waals surface area (Å²) in [6.07, 6.45) is 0.664. The van der Waals surface area contributed by atoms with E-state index in [4.69, 9.17) is 4.74 Å². The van der Waals surface area contributed by atoms with Crippen LogP contribution in [0, 0.1) is 5.41 Å². The Morgan fingerprint density at radius 2 is 2.17 bits per heavy atom. The summed E-state index contributed by atoms with van der Waals surface area (Å²) in [6.45, 7) is 6.65. The summed E-state index contributed by atoms with van der Waals surface area (Å²) in [7, 11) is 1.68. The molecule has 1 heterocycles. The quantitative estimate of drug-likeness (QED) is 0.822. The lowest BCUT2D eigenvalue weighted by Gasteiger charge is -2.36. The zero-order chi connectivity index (χ0) is 13.2. The summed E-state index contributed by atoms with van der Waals surface area (Å²) in [6, 6.07) is 8.12.